The maximum absolute atomic E-state index is 13.9. The number of hydrogen-bond donors (Lipinski definition) is 2. The highest BCUT2D eigenvalue weighted by Gasteiger charge is 2.52. The average Bonchev–Trinajstić information content (AvgIpc) is 3.75. The van der Waals surface area contributed by atoms with E-state index in [2.05, 4.69) is 10.3 Å². The minimum absolute atomic E-state index is 0.0693. The summed E-state index contributed by atoms with van der Waals surface area (Å²) in [5.74, 6) is -1.08. The summed E-state index contributed by atoms with van der Waals surface area (Å²) in [5, 5.41) is 30.9. The van der Waals surface area contributed by atoms with E-state index in [1.165, 1.54) is 0 Å². The van der Waals surface area contributed by atoms with Gasteiger partial charge in [-0.25, -0.2) is 0 Å². The Bertz CT molecular complexity index is 1710. The Hall–Kier alpha value is -4.31. The number of allylic oxidation sites excluding steroid dienone is 1. The second-order valence-corrected chi connectivity index (χ2v) is 12.1. The molecule has 0 saturated carbocycles. The smallest absolute Gasteiger partial charge is 0.264 e. The normalized spacial score (nSPS) is 19.5. The van der Waals surface area contributed by atoms with E-state index >= 15 is 0 Å². The molecule has 10 heteroatoms. The van der Waals surface area contributed by atoms with Gasteiger partial charge in [-0.2, -0.15) is 0 Å². The van der Waals surface area contributed by atoms with Gasteiger partial charge in [0.1, 0.15) is 0 Å². The minimum Gasteiger partial charge on any atom is -0.395 e. The summed E-state index contributed by atoms with van der Waals surface area (Å²) < 4.78 is 1.73. The number of anilines is 2. The van der Waals surface area contributed by atoms with Crippen LogP contribution in [0.5, 0.6) is 0 Å². The van der Waals surface area contributed by atoms with Crippen LogP contribution in [0.3, 0.4) is 0 Å². The van der Waals surface area contributed by atoms with E-state index in [4.69, 9.17) is 11.6 Å². The number of aromatic nitrogens is 3. The molecule has 0 radical (unpaired) electrons. The van der Waals surface area contributed by atoms with Crippen molar-refractivity contribution in [2.75, 3.05) is 23.0 Å². The SMILES string of the molecule is C[C@@H](/C=C/CCn1cc(C(CO)c2ccccc2)nn1)[C@]1(O)C(=O)N(Cc2ccc(N3CCCC3=O)cc2)c2ccc(Cl)cc21. The van der Waals surface area contributed by atoms with Gasteiger partial charge in [-0.1, -0.05) is 78.4 Å². The second-order valence-electron chi connectivity index (χ2n) is 11.7. The summed E-state index contributed by atoms with van der Waals surface area (Å²) in [4.78, 5) is 29.5. The highest BCUT2D eigenvalue weighted by atomic mass is 35.5. The van der Waals surface area contributed by atoms with E-state index < -0.39 is 17.4 Å². The van der Waals surface area contributed by atoms with Gasteiger partial charge in [-0.15, -0.1) is 5.10 Å². The molecule has 3 aromatic carbocycles. The number of fused-ring (bicyclic) bond motifs is 1. The predicted molar refractivity (Wildman–Crippen MR) is 173 cm³/mol. The molecule has 45 heavy (non-hydrogen) atoms. The van der Waals surface area contributed by atoms with Crippen molar-refractivity contribution < 1.29 is 19.8 Å². The molecule has 3 atom stereocenters. The van der Waals surface area contributed by atoms with E-state index in [9.17, 15) is 19.8 Å². The van der Waals surface area contributed by atoms with Crippen LogP contribution in [0.2, 0.25) is 5.02 Å². The molecule has 0 aliphatic carbocycles. The third-order valence-corrected chi connectivity index (χ3v) is 9.03. The van der Waals surface area contributed by atoms with Gasteiger partial charge < -0.3 is 20.0 Å². The van der Waals surface area contributed by atoms with E-state index in [-0.39, 0.29) is 25.0 Å². The van der Waals surface area contributed by atoms with Gasteiger partial charge in [0.15, 0.2) is 5.60 Å². The summed E-state index contributed by atoms with van der Waals surface area (Å²) >= 11 is 6.35. The van der Waals surface area contributed by atoms with E-state index in [0.717, 1.165) is 23.2 Å². The fourth-order valence-corrected chi connectivity index (χ4v) is 6.42. The molecule has 6 rings (SSSR count). The first kappa shape index (κ1) is 30.7. The quantitative estimate of drug-likeness (QED) is 0.222. The number of carbonyl (C=O) groups excluding carboxylic acids is 2. The van der Waals surface area contributed by atoms with Crippen LogP contribution in [0.1, 0.15) is 54.5 Å². The molecule has 0 bridgehead atoms. The molecule has 4 aromatic rings. The average molecular weight is 626 g/mol. The Morgan fingerprint density at radius 3 is 2.56 bits per heavy atom. The molecule has 3 heterocycles. The Kier molecular flexibility index (Phi) is 8.85. The molecule has 232 valence electrons. The molecule has 1 unspecified atom stereocenters. The molecular formula is C35H36ClN5O4. The number of benzene rings is 3. The fraction of sp³-hybridized carbons (Fsp3) is 0.314. The number of nitrogens with zero attached hydrogens (tertiary/aromatic N) is 5. The van der Waals surface area contributed by atoms with E-state index in [1.807, 2.05) is 79.9 Å². The Morgan fingerprint density at radius 2 is 1.84 bits per heavy atom. The maximum Gasteiger partial charge on any atom is 0.264 e. The van der Waals surface area contributed by atoms with Crippen LogP contribution in [0.25, 0.3) is 0 Å². The first-order valence-corrected chi connectivity index (χ1v) is 15.6. The highest BCUT2D eigenvalue weighted by Crippen LogP contribution is 2.46. The van der Waals surface area contributed by atoms with Crippen LogP contribution in [0.15, 0.2) is 91.1 Å². The zero-order valence-electron chi connectivity index (χ0n) is 25.1. The summed E-state index contributed by atoms with van der Waals surface area (Å²) in [7, 11) is 0. The van der Waals surface area contributed by atoms with Crippen LogP contribution in [0, 0.1) is 5.92 Å². The highest BCUT2D eigenvalue weighted by molar-refractivity contribution is 6.31. The molecular weight excluding hydrogens is 590 g/mol. The van der Waals surface area contributed by atoms with Gasteiger partial charge in [-0.05, 0) is 54.3 Å². The number of rotatable bonds is 11. The van der Waals surface area contributed by atoms with Crippen molar-refractivity contribution in [3.8, 4) is 0 Å². The van der Waals surface area contributed by atoms with Crippen LogP contribution in [-0.4, -0.2) is 50.2 Å². The van der Waals surface area contributed by atoms with Crippen molar-refractivity contribution in [2.45, 2.75) is 50.8 Å². The zero-order valence-corrected chi connectivity index (χ0v) is 25.8. The molecule has 0 spiro atoms. The van der Waals surface area contributed by atoms with E-state index in [0.29, 0.717) is 47.9 Å². The number of aliphatic hydroxyl groups is 2. The largest absolute Gasteiger partial charge is 0.395 e. The number of halogens is 1. The molecule has 9 nitrogen and oxygen atoms in total. The number of carbonyl (C=O) groups is 2. The van der Waals surface area contributed by atoms with Crippen LogP contribution < -0.4 is 9.80 Å². The Balaban J connectivity index is 1.14. The van der Waals surface area contributed by atoms with Gasteiger partial charge in [0.2, 0.25) is 5.91 Å². The monoisotopic (exact) mass is 625 g/mol. The van der Waals surface area contributed by atoms with Gasteiger partial charge in [-0.3, -0.25) is 14.3 Å². The van der Waals surface area contributed by atoms with E-state index in [1.54, 1.807) is 32.7 Å². The number of aryl methyl sites for hydroxylation is 1. The second kappa shape index (κ2) is 13.0. The molecule has 2 N–H and O–H groups in total. The number of aliphatic hydroxyl groups excluding tert-OH is 1. The van der Waals surface area contributed by atoms with Crippen molar-refractivity contribution >= 4 is 34.8 Å². The molecule has 1 saturated heterocycles. The van der Waals surface area contributed by atoms with Crippen LogP contribution in [-0.2, 0) is 28.3 Å². The van der Waals surface area contributed by atoms with Gasteiger partial charge in [0.25, 0.3) is 5.91 Å². The lowest BCUT2D eigenvalue weighted by Crippen LogP contribution is -2.44. The number of hydrogen-bond acceptors (Lipinski definition) is 6. The van der Waals surface area contributed by atoms with Crippen molar-refractivity contribution in [1.29, 1.82) is 0 Å². The molecule has 2 amide bonds. The molecule has 2 aliphatic rings. The molecule has 1 aromatic heterocycles. The molecule has 1 fully saturated rings. The Labute approximate surface area is 267 Å². The minimum atomic E-state index is -1.79. The first-order chi connectivity index (χ1) is 21.8. The maximum atomic E-state index is 13.9. The van der Waals surface area contributed by atoms with Crippen molar-refractivity contribution in [2.24, 2.45) is 5.92 Å². The summed E-state index contributed by atoms with van der Waals surface area (Å²) in [5.41, 5.74) is 2.72. The van der Waals surface area contributed by atoms with Gasteiger partial charge in [0, 0.05) is 47.9 Å². The van der Waals surface area contributed by atoms with Crippen molar-refractivity contribution in [1.82, 2.24) is 15.0 Å². The predicted octanol–water partition coefficient (Wildman–Crippen LogP) is 5.20. The van der Waals surface area contributed by atoms with Gasteiger partial charge >= 0.3 is 0 Å². The standard InChI is InChI=1S/C35H36ClN5O4/c1-24(8-5-6-18-39-22-31(37-38-39)29(23-42)26-9-3-2-4-10-26)35(45)30-20-27(36)14-17-32(30)41(34(35)44)21-25-12-15-28(16-13-25)40-19-7-11-33(40)43/h2-5,8-10,12-17,20,22,24,29,42,45H,6-7,11,18-19,21,23H2,1H3/b8-5+/t24-,29?,35+/m0/s1. The van der Waals surface area contributed by atoms with Crippen LogP contribution in [0.4, 0.5) is 11.4 Å². The third-order valence-electron chi connectivity index (χ3n) is 8.80. The first-order valence-electron chi connectivity index (χ1n) is 15.3. The lowest BCUT2D eigenvalue weighted by Gasteiger charge is -2.28. The van der Waals surface area contributed by atoms with Crippen molar-refractivity contribution in [3.05, 3.63) is 119 Å². The zero-order chi connectivity index (χ0) is 31.6. The van der Waals surface area contributed by atoms with Crippen molar-refractivity contribution in [3.63, 3.8) is 0 Å². The summed E-state index contributed by atoms with van der Waals surface area (Å²) in [6, 6.07) is 22.5. The summed E-state index contributed by atoms with van der Waals surface area (Å²) in [6.07, 6.45) is 7.65. The number of amides is 2. The third kappa shape index (κ3) is 6.03. The van der Waals surface area contributed by atoms with Gasteiger partial charge in [0.05, 0.1) is 30.5 Å². The lowest BCUT2D eigenvalue weighted by molar-refractivity contribution is -0.139. The Morgan fingerprint density at radius 1 is 1.07 bits per heavy atom. The topological polar surface area (TPSA) is 112 Å². The fourth-order valence-electron chi connectivity index (χ4n) is 6.25. The van der Waals surface area contributed by atoms with Crippen LogP contribution >= 0.6 is 11.6 Å². The summed E-state index contributed by atoms with van der Waals surface area (Å²) in [6.45, 7) is 3.29. The molecule has 2 aliphatic heterocycles. The lowest BCUT2D eigenvalue weighted by atomic mass is 9.83.